The van der Waals surface area contributed by atoms with E-state index in [1.807, 2.05) is 0 Å². The van der Waals surface area contributed by atoms with Crippen molar-refractivity contribution in [2.75, 3.05) is 5.32 Å². The molecule has 1 amide bonds. The van der Waals surface area contributed by atoms with E-state index >= 15 is 0 Å². The van der Waals surface area contributed by atoms with Crippen LogP contribution < -0.4 is 5.32 Å². The molecule has 0 fully saturated rings. The molecule has 0 unspecified atom stereocenters. The number of sulfone groups is 1. The first kappa shape index (κ1) is 18.7. The second-order valence-electron chi connectivity index (χ2n) is 6.15. The number of fused-ring (bicyclic) bond motifs is 2. The molecule has 8 heteroatoms. The van der Waals surface area contributed by atoms with E-state index < -0.39 is 21.5 Å². The lowest BCUT2D eigenvalue weighted by Crippen LogP contribution is -2.21. The fourth-order valence-corrected chi connectivity index (χ4v) is 5.26. The van der Waals surface area contributed by atoms with E-state index in [0.29, 0.717) is 15.7 Å². The summed E-state index contributed by atoms with van der Waals surface area (Å²) in [5, 5.41) is 3.31. The van der Waals surface area contributed by atoms with E-state index in [4.69, 9.17) is 23.2 Å². The van der Waals surface area contributed by atoms with Crippen molar-refractivity contribution in [2.45, 2.75) is 9.79 Å². The van der Waals surface area contributed by atoms with Crippen molar-refractivity contribution in [3.05, 3.63) is 87.4 Å². The molecule has 4 rings (SSSR count). The number of benzene rings is 3. The summed E-state index contributed by atoms with van der Waals surface area (Å²) >= 11 is 11.8. The van der Waals surface area contributed by atoms with Gasteiger partial charge < -0.3 is 5.32 Å². The van der Waals surface area contributed by atoms with Crippen molar-refractivity contribution < 1.29 is 18.0 Å². The maximum atomic E-state index is 12.9. The smallest absolute Gasteiger partial charge is 0.255 e. The summed E-state index contributed by atoms with van der Waals surface area (Å²) in [6, 6.07) is 14.5. The van der Waals surface area contributed by atoms with Gasteiger partial charge in [-0.15, -0.1) is 0 Å². The highest BCUT2D eigenvalue weighted by molar-refractivity contribution is 7.91. The first-order valence-electron chi connectivity index (χ1n) is 8.08. The molecule has 0 aliphatic carbocycles. The highest BCUT2D eigenvalue weighted by Crippen LogP contribution is 2.35. The number of nitrogens with one attached hydrogen (secondary N) is 1. The van der Waals surface area contributed by atoms with Gasteiger partial charge in [0.05, 0.1) is 9.79 Å². The number of halogens is 2. The van der Waals surface area contributed by atoms with Crippen molar-refractivity contribution in [2.24, 2.45) is 0 Å². The van der Waals surface area contributed by atoms with Crippen LogP contribution >= 0.6 is 23.2 Å². The van der Waals surface area contributed by atoms with Gasteiger partial charge in [-0.1, -0.05) is 35.3 Å². The Balaban J connectivity index is 1.76. The molecule has 1 N–H and O–H groups in total. The molecule has 5 nitrogen and oxygen atoms in total. The van der Waals surface area contributed by atoms with Crippen molar-refractivity contribution >= 4 is 50.4 Å². The van der Waals surface area contributed by atoms with E-state index in [1.54, 1.807) is 12.1 Å². The summed E-state index contributed by atoms with van der Waals surface area (Å²) in [5.74, 6) is -0.948. The predicted octanol–water partition coefficient (Wildman–Crippen LogP) is 4.62. The Morgan fingerprint density at radius 1 is 0.821 bits per heavy atom. The highest BCUT2D eigenvalue weighted by Gasteiger charge is 2.35. The maximum Gasteiger partial charge on any atom is 0.255 e. The molecule has 0 atom stereocenters. The average molecular weight is 432 g/mol. The Labute approximate surface area is 170 Å². The Kier molecular flexibility index (Phi) is 4.50. The summed E-state index contributed by atoms with van der Waals surface area (Å²) in [6.45, 7) is 0. The Bertz CT molecular complexity index is 1250. The number of ketones is 1. The van der Waals surface area contributed by atoms with Gasteiger partial charge >= 0.3 is 0 Å². The molecule has 1 heterocycles. The van der Waals surface area contributed by atoms with Gasteiger partial charge in [0.2, 0.25) is 9.84 Å². The van der Waals surface area contributed by atoms with Gasteiger partial charge in [-0.25, -0.2) is 8.42 Å². The fraction of sp³-hybridized carbons (Fsp3) is 0. The molecule has 0 spiro atoms. The molecular formula is C20H11Cl2NO4S. The number of hydrogen-bond acceptors (Lipinski definition) is 4. The third-order valence-corrected chi connectivity index (χ3v) is 6.61. The zero-order valence-corrected chi connectivity index (χ0v) is 16.4. The highest BCUT2D eigenvalue weighted by atomic mass is 35.5. The van der Waals surface area contributed by atoms with Crippen LogP contribution in [0.15, 0.2) is 70.5 Å². The minimum atomic E-state index is -3.92. The van der Waals surface area contributed by atoms with Gasteiger partial charge in [-0.3, -0.25) is 9.59 Å². The molecule has 3 aromatic rings. The lowest BCUT2D eigenvalue weighted by Gasteiger charge is -2.19. The number of hydrogen-bond donors (Lipinski definition) is 1. The fourth-order valence-electron chi connectivity index (χ4n) is 3.05. The number of carbonyl (C=O) groups excluding carboxylic acids is 2. The molecule has 0 saturated carbocycles. The molecule has 3 aromatic carbocycles. The zero-order chi connectivity index (χ0) is 20.1. The Morgan fingerprint density at radius 2 is 1.46 bits per heavy atom. The van der Waals surface area contributed by atoms with E-state index in [-0.39, 0.29) is 26.5 Å². The van der Waals surface area contributed by atoms with Gasteiger partial charge in [-0.05, 0) is 48.5 Å². The Morgan fingerprint density at radius 3 is 2.18 bits per heavy atom. The summed E-state index contributed by atoms with van der Waals surface area (Å²) < 4.78 is 25.9. The lowest BCUT2D eigenvalue weighted by atomic mass is 10.0. The normalized spacial score (nSPS) is 14.1. The van der Waals surface area contributed by atoms with E-state index in [1.165, 1.54) is 48.5 Å². The molecule has 1 aliphatic heterocycles. The topological polar surface area (TPSA) is 80.3 Å². The summed E-state index contributed by atoms with van der Waals surface area (Å²) in [6.07, 6.45) is 0. The maximum absolute atomic E-state index is 12.9. The molecule has 0 bridgehead atoms. The van der Waals surface area contributed by atoms with Crippen LogP contribution in [0.2, 0.25) is 10.0 Å². The van der Waals surface area contributed by atoms with Crippen LogP contribution in [0.3, 0.4) is 0 Å². The van der Waals surface area contributed by atoms with Crippen molar-refractivity contribution in [1.29, 1.82) is 0 Å². The van der Waals surface area contributed by atoms with Crippen LogP contribution in [-0.2, 0) is 9.84 Å². The largest absolute Gasteiger partial charge is 0.322 e. The zero-order valence-electron chi connectivity index (χ0n) is 14.1. The molecule has 0 saturated heterocycles. The predicted molar refractivity (Wildman–Crippen MR) is 106 cm³/mol. The quantitative estimate of drug-likeness (QED) is 0.501. The van der Waals surface area contributed by atoms with Crippen LogP contribution in [0.5, 0.6) is 0 Å². The van der Waals surface area contributed by atoms with E-state index in [9.17, 15) is 18.0 Å². The molecule has 28 heavy (non-hydrogen) atoms. The standard InChI is InChI=1S/C20H11Cl2NO4S/c21-12-8-13(22)10-14(9-12)23-20(25)11-5-6-16-18(7-11)28(26,27)17-4-2-1-3-15(17)19(16)24/h1-10H,(H,23,25). The Hall–Kier alpha value is -2.67. The van der Waals surface area contributed by atoms with Crippen LogP contribution in [0.1, 0.15) is 26.3 Å². The third kappa shape index (κ3) is 3.09. The first-order valence-corrected chi connectivity index (χ1v) is 10.3. The van der Waals surface area contributed by atoms with Gasteiger partial charge in [0.25, 0.3) is 5.91 Å². The summed E-state index contributed by atoms with van der Waals surface area (Å²) in [7, 11) is -3.92. The monoisotopic (exact) mass is 431 g/mol. The molecule has 140 valence electrons. The lowest BCUT2D eigenvalue weighted by molar-refractivity contribution is 0.101. The summed E-state index contributed by atoms with van der Waals surface area (Å²) in [5.41, 5.74) is 0.622. The third-order valence-electron chi connectivity index (χ3n) is 4.32. The van der Waals surface area contributed by atoms with Crippen molar-refractivity contribution in [1.82, 2.24) is 0 Å². The van der Waals surface area contributed by atoms with Crippen LogP contribution in [-0.4, -0.2) is 20.1 Å². The van der Waals surface area contributed by atoms with Crippen LogP contribution in [0.4, 0.5) is 5.69 Å². The van der Waals surface area contributed by atoms with Crippen molar-refractivity contribution in [3.8, 4) is 0 Å². The molecule has 0 aromatic heterocycles. The molecular weight excluding hydrogens is 421 g/mol. The minimum Gasteiger partial charge on any atom is -0.322 e. The van der Waals surface area contributed by atoms with Crippen LogP contribution in [0.25, 0.3) is 0 Å². The number of carbonyl (C=O) groups is 2. The van der Waals surface area contributed by atoms with E-state index in [0.717, 1.165) is 0 Å². The van der Waals surface area contributed by atoms with Crippen molar-refractivity contribution in [3.63, 3.8) is 0 Å². The number of amides is 1. The number of rotatable bonds is 2. The van der Waals surface area contributed by atoms with Gasteiger partial charge in [0.15, 0.2) is 5.78 Å². The second-order valence-corrected chi connectivity index (χ2v) is 8.91. The van der Waals surface area contributed by atoms with Crippen LogP contribution in [0, 0.1) is 0 Å². The summed E-state index contributed by atoms with van der Waals surface area (Å²) in [4.78, 5) is 25.0. The second kappa shape index (κ2) is 6.74. The first-order chi connectivity index (χ1) is 13.3. The molecule has 0 radical (unpaired) electrons. The molecule has 1 aliphatic rings. The van der Waals surface area contributed by atoms with Gasteiger partial charge in [-0.2, -0.15) is 0 Å². The van der Waals surface area contributed by atoms with Gasteiger partial charge in [0.1, 0.15) is 0 Å². The SMILES string of the molecule is O=C(Nc1cc(Cl)cc(Cl)c1)c1ccc2c(c1)S(=O)(=O)c1ccccc1C2=O. The van der Waals surface area contributed by atoms with Gasteiger partial charge in [0, 0.05) is 32.4 Å². The minimum absolute atomic E-state index is 0.0426. The average Bonchev–Trinajstić information content (AvgIpc) is 2.65. The van der Waals surface area contributed by atoms with E-state index in [2.05, 4.69) is 5.32 Å². The number of anilines is 1.